The molecule has 3 unspecified atom stereocenters. The third-order valence-corrected chi connectivity index (χ3v) is 12.5. The van der Waals surface area contributed by atoms with Gasteiger partial charge in [0.1, 0.15) is 6.10 Å². The van der Waals surface area contributed by atoms with E-state index < -0.39 is 18.2 Å². The molecule has 0 aromatic rings. The van der Waals surface area contributed by atoms with Gasteiger partial charge in [0, 0.05) is 6.42 Å². The molecule has 0 aromatic carbocycles. The number of nitrogens with one attached hydrogen (secondary N) is 1. The number of allylic oxidation sites excluding steroid dienone is 6. The summed E-state index contributed by atoms with van der Waals surface area (Å²) in [6, 6.07) is -0.703. The molecule has 364 valence electrons. The molecule has 0 aliphatic heterocycles. The van der Waals surface area contributed by atoms with Gasteiger partial charge in [-0.1, -0.05) is 263 Å². The average Bonchev–Trinajstić information content (AvgIpc) is 3.26. The fourth-order valence-electron chi connectivity index (χ4n) is 8.43. The van der Waals surface area contributed by atoms with E-state index >= 15 is 0 Å². The van der Waals surface area contributed by atoms with Gasteiger partial charge < -0.3 is 20.3 Å². The lowest BCUT2D eigenvalue weighted by atomic mass is 10.0. The van der Waals surface area contributed by atoms with Gasteiger partial charge in [0.25, 0.3) is 0 Å². The van der Waals surface area contributed by atoms with Gasteiger partial charge in [-0.15, -0.1) is 0 Å². The first-order chi connectivity index (χ1) is 30.5. The highest BCUT2D eigenvalue weighted by Crippen LogP contribution is 2.19. The minimum atomic E-state index is -0.788. The summed E-state index contributed by atoms with van der Waals surface area (Å²) >= 11 is 0. The van der Waals surface area contributed by atoms with Crippen molar-refractivity contribution in [2.75, 3.05) is 6.61 Å². The van der Waals surface area contributed by atoms with E-state index in [1.165, 1.54) is 167 Å². The van der Waals surface area contributed by atoms with Crippen LogP contribution < -0.4 is 5.32 Å². The van der Waals surface area contributed by atoms with E-state index in [0.29, 0.717) is 19.3 Å². The monoisotopic (exact) mass is 872 g/mol. The highest BCUT2D eigenvalue weighted by atomic mass is 16.5. The van der Waals surface area contributed by atoms with Crippen molar-refractivity contribution in [2.24, 2.45) is 0 Å². The number of esters is 1. The molecule has 0 rings (SSSR count). The summed E-state index contributed by atoms with van der Waals surface area (Å²) in [7, 11) is 0. The Morgan fingerprint density at radius 3 is 1.31 bits per heavy atom. The molecule has 3 atom stereocenters. The zero-order valence-corrected chi connectivity index (χ0v) is 41.5. The summed E-state index contributed by atoms with van der Waals surface area (Å²) in [5.41, 5.74) is 0. The van der Waals surface area contributed by atoms with Gasteiger partial charge >= 0.3 is 5.97 Å². The number of hydrogen-bond donors (Lipinski definition) is 3. The zero-order valence-electron chi connectivity index (χ0n) is 41.5. The molecule has 62 heavy (non-hydrogen) atoms. The fourth-order valence-corrected chi connectivity index (χ4v) is 8.43. The van der Waals surface area contributed by atoms with Crippen molar-refractivity contribution in [3.8, 4) is 0 Å². The zero-order chi connectivity index (χ0) is 45.2. The molecule has 0 aliphatic carbocycles. The minimum absolute atomic E-state index is 0.0736. The van der Waals surface area contributed by atoms with Crippen LogP contribution in [0.4, 0.5) is 0 Å². The Hall–Kier alpha value is -1.92. The smallest absolute Gasteiger partial charge is 0.306 e. The molecular weight excluding hydrogens is 767 g/mol. The van der Waals surface area contributed by atoms with Crippen LogP contribution in [0.1, 0.15) is 284 Å². The molecule has 0 radical (unpaired) electrons. The van der Waals surface area contributed by atoms with Gasteiger partial charge in [-0.3, -0.25) is 9.59 Å². The van der Waals surface area contributed by atoms with E-state index in [1.807, 2.05) is 0 Å². The number of rotatable bonds is 49. The molecule has 0 aliphatic rings. The summed E-state index contributed by atoms with van der Waals surface area (Å²) < 4.78 is 5.94. The molecule has 0 saturated heterocycles. The van der Waals surface area contributed by atoms with Crippen LogP contribution in [0.5, 0.6) is 0 Å². The number of hydrogen-bond acceptors (Lipinski definition) is 5. The normalized spacial score (nSPS) is 13.4. The fraction of sp³-hybridized carbons (Fsp3) is 0.857. The molecule has 0 heterocycles. The van der Waals surface area contributed by atoms with E-state index in [-0.39, 0.29) is 24.9 Å². The van der Waals surface area contributed by atoms with Crippen LogP contribution in [0.2, 0.25) is 0 Å². The van der Waals surface area contributed by atoms with E-state index in [1.54, 1.807) is 0 Å². The van der Waals surface area contributed by atoms with Gasteiger partial charge in [-0.05, 0) is 44.9 Å². The van der Waals surface area contributed by atoms with Gasteiger partial charge in [-0.25, -0.2) is 0 Å². The standard InChI is InChI=1S/C56H105NO5/c1-4-7-10-13-16-19-22-25-27-28-30-32-35-38-41-44-47-52(62-56(61)49-46-43-40-37-34-29-24-21-18-15-12-9-6-3)50-55(60)57-53(51-58)54(59)48-45-42-39-36-33-31-26-23-20-17-14-11-8-5-2/h9,12,15,18,21,24,52-54,58-59H,4-8,10-11,13-14,16-17,19-20,22-23,25-51H2,1-3H3,(H,57,60)/b12-9+,18-15+,24-21-. The summed E-state index contributed by atoms with van der Waals surface area (Å²) in [5.74, 6) is -0.483. The number of ether oxygens (including phenoxy) is 1. The predicted molar refractivity (Wildman–Crippen MR) is 269 cm³/mol. The van der Waals surface area contributed by atoms with Crippen molar-refractivity contribution < 1.29 is 24.5 Å². The SMILES string of the molecule is CC/C=C/C=C/C=C\CCCCCCCC(=O)OC(CCCCCCCCCCCCCCCCCC)CC(=O)NC(CO)C(O)CCCCCCCCCCCCCCCC. The molecule has 6 heteroatoms. The Kier molecular flexibility index (Phi) is 48.5. The second-order valence-electron chi connectivity index (χ2n) is 18.7. The van der Waals surface area contributed by atoms with Crippen LogP contribution in [0, 0.1) is 0 Å². The molecule has 0 aromatic heterocycles. The largest absolute Gasteiger partial charge is 0.462 e. The lowest BCUT2D eigenvalue weighted by Crippen LogP contribution is -2.46. The number of carbonyl (C=O) groups excluding carboxylic acids is 2. The topological polar surface area (TPSA) is 95.9 Å². The Bertz CT molecular complexity index is 1020. The second-order valence-corrected chi connectivity index (χ2v) is 18.7. The maximum atomic E-state index is 13.2. The van der Waals surface area contributed by atoms with E-state index in [0.717, 1.165) is 70.6 Å². The van der Waals surface area contributed by atoms with Gasteiger partial charge in [0.05, 0.1) is 25.2 Å². The number of aliphatic hydroxyl groups is 2. The molecule has 0 bridgehead atoms. The molecule has 3 N–H and O–H groups in total. The Labute approximate surface area is 385 Å². The van der Waals surface area contributed by atoms with E-state index in [4.69, 9.17) is 4.74 Å². The maximum absolute atomic E-state index is 13.2. The first-order valence-corrected chi connectivity index (χ1v) is 27.2. The van der Waals surface area contributed by atoms with Crippen molar-refractivity contribution in [1.82, 2.24) is 5.32 Å². The highest BCUT2D eigenvalue weighted by molar-refractivity contribution is 5.77. The number of amides is 1. The van der Waals surface area contributed by atoms with Crippen molar-refractivity contribution in [3.05, 3.63) is 36.5 Å². The number of unbranched alkanes of at least 4 members (excludes halogenated alkanes) is 33. The third kappa shape index (κ3) is 44.7. The second kappa shape index (κ2) is 50.1. The first kappa shape index (κ1) is 60.1. The van der Waals surface area contributed by atoms with Gasteiger partial charge in [0.15, 0.2) is 0 Å². The molecule has 6 nitrogen and oxygen atoms in total. The number of aliphatic hydroxyl groups excluding tert-OH is 2. The van der Waals surface area contributed by atoms with E-state index in [2.05, 4.69) is 62.5 Å². The van der Waals surface area contributed by atoms with Gasteiger partial charge in [0.2, 0.25) is 5.91 Å². The molecular formula is C56H105NO5. The summed E-state index contributed by atoms with van der Waals surface area (Å²) in [6.07, 6.45) is 59.2. The van der Waals surface area contributed by atoms with Crippen LogP contribution in [0.3, 0.4) is 0 Å². The lowest BCUT2D eigenvalue weighted by Gasteiger charge is -2.24. The summed E-state index contributed by atoms with van der Waals surface area (Å²) in [5, 5.41) is 23.8. The number of carbonyl (C=O) groups is 2. The first-order valence-electron chi connectivity index (χ1n) is 27.2. The average molecular weight is 872 g/mol. The molecule has 0 fully saturated rings. The summed E-state index contributed by atoms with van der Waals surface area (Å²) in [4.78, 5) is 26.2. The minimum Gasteiger partial charge on any atom is -0.462 e. The Morgan fingerprint density at radius 2 is 0.871 bits per heavy atom. The maximum Gasteiger partial charge on any atom is 0.306 e. The van der Waals surface area contributed by atoms with Gasteiger partial charge in [-0.2, -0.15) is 0 Å². The lowest BCUT2D eigenvalue weighted by molar-refractivity contribution is -0.151. The Morgan fingerprint density at radius 1 is 0.484 bits per heavy atom. The molecule has 0 spiro atoms. The van der Waals surface area contributed by atoms with Crippen LogP contribution in [0.15, 0.2) is 36.5 Å². The van der Waals surface area contributed by atoms with Crippen molar-refractivity contribution >= 4 is 11.9 Å². The Balaban J connectivity index is 4.56. The van der Waals surface area contributed by atoms with Crippen molar-refractivity contribution in [3.63, 3.8) is 0 Å². The highest BCUT2D eigenvalue weighted by Gasteiger charge is 2.24. The predicted octanol–water partition coefficient (Wildman–Crippen LogP) is 16.5. The van der Waals surface area contributed by atoms with Crippen LogP contribution in [-0.2, 0) is 14.3 Å². The van der Waals surface area contributed by atoms with Crippen molar-refractivity contribution in [1.29, 1.82) is 0 Å². The van der Waals surface area contributed by atoms with Crippen LogP contribution >= 0.6 is 0 Å². The molecule has 0 saturated carbocycles. The van der Waals surface area contributed by atoms with Crippen molar-refractivity contribution in [2.45, 2.75) is 302 Å². The molecule has 1 amide bonds. The van der Waals surface area contributed by atoms with E-state index in [9.17, 15) is 19.8 Å². The van der Waals surface area contributed by atoms with Crippen LogP contribution in [-0.4, -0.2) is 46.9 Å². The van der Waals surface area contributed by atoms with Crippen LogP contribution in [0.25, 0.3) is 0 Å². The quantitative estimate of drug-likeness (QED) is 0.0321. The summed E-state index contributed by atoms with van der Waals surface area (Å²) in [6.45, 7) is 6.38. The third-order valence-electron chi connectivity index (χ3n) is 12.5.